The van der Waals surface area contributed by atoms with Crippen LogP contribution in [0.25, 0.3) is 43.4 Å². The first-order chi connectivity index (χ1) is 35.0. The molecule has 0 unspecified atom stereocenters. The number of H-pyrrole nitrogens is 2. The van der Waals surface area contributed by atoms with Gasteiger partial charge in [0.2, 0.25) is 0 Å². The Balaban J connectivity index is 0.846. The smallest absolute Gasteiger partial charge is 0.417 e. The lowest BCUT2D eigenvalue weighted by molar-refractivity contribution is -0.177. The van der Waals surface area contributed by atoms with Gasteiger partial charge in [0.05, 0.1) is 14.2 Å². The molecule has 72 heavy (non-hydrogen) atoms. The topological polar surface area (TPSA) is 128 Å². The molecule has 2 aliphatic rings. The van der Waals surface area contributed by atoms with E-state index in [1.165, 1.54) is 11.1 Å². The molecule has 10 rings (SSSR count). The van der Waals surface area contributed by atoms with Crippen LogP contribution in [-0.4, -0.2) is 110 Å². The Bertz CT molecular complexity index is 3000. The van der Waals surface area contributed by atoms with Crippen molar-refractivity contribution in [2.24, 2.45) is 0 Å². The van der Waals surface area contributed by atoms with Crippen LogP contribution < -0.4 is 18.9 Å². The molecule has 12 nitrogen and oxygen atoms in total. The molecule has 2 saturated heterocycles. The summed E-state index contributed by atoms with van der Waals surface area (Å²) in [5.41, 5.74) is 6.49. The Morgan fingerprint density at radius 1 is 0.542 bits per heavy atom. The highest BCUT2D eigenvalue weighted by Gasteiger charge is 2.34. The predicted octanol–water partition coefficient (Wildman–Crippen LogP) is 11.4. The molecule has 8 aromatic rings. The molecule has 2 aromatic heterocycles. The van der Waals surface area contributed by atoms with Crippen molar-refractivity contribution < 1.29 is 38.0 Å². The Morgan fingerprint density at radius 2 is 0.958 bits per heavy atom. The van der Waals surface area contributed by atoms with E-state index in [2.05, 4.69) is 82.1 Å². The molecular formula is C60H66N4O8. The fraction of sp³-hybridized carbons (Fsp3) is 0.367. The van der Waals surface area contributed by atoms with Crippen molar-refractivity contribution in [3.8, 4) is 23.0 Å². The van der Waals surface area contributed by atoms with Crippen molar-refractivity contribution >= 4 is 55.3 Å². The number of aromatic amines is 2. The number of hydrogen-bond donors (Lipinski definition) is 2. The van der Waals surface area contributed by atoms with Crippen molar-refractivity contribution in [2.45, 2.75) is 89.5 Å². The Kier molecular flexibility index (Phi) is 14.4. The van der Waals surface area contributed by atoms with E-state index < -0.39 is 24.1 Å². The molecule has 374 valence electrons. The van der Waals surface area contributed by atoms with Gasteiger partial charge in [-0.1, -0.05) is 60.7 Å². The Morgan fingerprint density at radius 3 is 1.38 bits per heavy atom. The molecule has 0 spiro atoms. The van der Waals surface area contributed by atoms with Gasteiger partial charge < -0.3 is 38.4 Å². The summed E-state index contributed by atoms with van der Waals surface area (Å²) >= 11 is 0. The summed E-state index contributed by atoms with van der Waals surface area (Å²) in [7, 11) is 3.43. The number of carbonyl (C=O) groups excluding carboxylic acids is 2. The molecule has 0 radical (unpaired) electrons. The Labute approximate surface area is 421 Å². The van der Waals surface area contributed by atoms with E-state index in [4.69, 9.17) is 28.4 Å². The zero-order valence-electron chi connectivity index (χ0n) is 42.2. The minimum absolute atomic E-state index is 0.0442. The fourth-order valence-electron chi connectivity index (χ4n) is 11.3. The lowest BCUT2D eigenvalue weighted by Gasteiger charge is -2.39. The molecule has 6 atom stereocenters. The van der Waals surface area contributed by atoms with E-state index >= 15 is 0 Å². The predicted molar refractivity (Wildman–Crippen MR) is 284 cm³/mol. The van der Waals surface area contributed by atoms with Crippen LogP contribution in [0.5, 0.6) is 23.0 Å². The molecule has 0 saturated carbocycles. The largest absolute Gasteiger partial charge is 0.496 e. The molecule has 2 fully saturated rings. The summed E-state index contributed by atoms with van der Waals surface area (Å²) in [4.78, 5) is 39.7. The monoisotopic (exact) mass is 970 g/mol. The van der Waals surface area contributed by atoms with Crippen molar-refractivity contribution in [3.63, 3.8) is 0 Å². The van der Waals surface area contributed by atoms with Crippen molar-refractivity contribution in [1.29, 1.82) is 0 Å². The highest BCUT2D eigenvalue weighted by Crippen LogP contribution is 2.38. The van der Waals surface area contributed by atoms with Crippen LogP contribution in [0.1, 0.15) is 73.9 Å². The number of ether oxygens (including phenoxy) is 6. The molecule has 12 heteroatoms. The third-order valence-electron chi connectivity index (χ3n) is 15.1. The van der Waals surface area contributed by atoms with E-state index in [1.807, 2.05) is 86.6 Å². The van der Waals surface area contributed by atoms with Gasteiger partial charge in [0.25, 0.3) is 0 Å². The van der Waals surface area contributed by atoms with E-state index in [0.29, 0.717) is 36.4 Å². The van der Waals surface area contributed by atoms with Crippen LogP contribution in [0.4, 0.5) is 0 Å². The number of esters is 2. The molecule has 2 aliphatic heterocycles. The number of rotatable bonds is 16. The second-order valence-corrected chi connectivity index (χ2v) is 20.0. The number of piperidine rings is 2. The van der Waals surface area contributed by atoms with Gasteiger partial charge >= 0.3 is 11.9 Å². The van der Waals surface area contributed by atoms with Crippen LogP contribution in [-0.2, 0) is 19.1 Å². The van der Waals surface area contributed by atoms with E-state index in [0.717, 1.165) is 105 Å². The molecule has 0 aliphatic carbocycles. The second-order valence-electron chi connectivity index (χ2n) is 20.0. The maximum Gasteiger partial charge on any atom is 0.417 e. The van der Waals surface area contributed by atoms with Crippen LogP contribution >= 0.6 is 0 Å². The van der Waals surface area contributed by atoms with Gasteiger partial charge in [0.15, 0.2) is 0 Å². The summed E-state index contributed by atoms with van der Waals surface area (Å²) < 4.78 is 36.7. The minimum Gasteiger partial charge on any atom is -0.496 e. The van der Waals surface area contributed by atoms with E-state index in [9.17, 15) is 9.59 Å². The van der Waals surface area contributed by atoms with Gasteiger partial charge in [0.1, 0.15) is 48.4 Å². The third kappa shape index (κ3) is 10.6. The van der Waals surface area contributed by atoms with Gasteiger partial charge in [-0.3, -0.25) is 9.80 Å². The zero-order chi connectivity index (χ0) is 49.9. The number of fused-ring (bicyclic) bond motifs is 4. The molecule has 6 aromatic carbocycles. The quantitative estimate of drug-likeness (QED) is 0.0713. The number of hydrogen-bond acceptors (Lipinski definition) is 10. The number of aromatic nitrogens is 2. The maximum absolute atomic E-state index is 14.1. The minimum atomic E-state index is -1.06. The number of carbonyl (C=O) groups is 2. The average molecular weight is 971 g/mol. The molecule has 4 heterocycles. The maximum atomic E-state index is 14.1. The van der Waals surface area contributed by atoms with E-state index in [1.54, 1.807) is 14.2 Å². The van der Waals surface area contributed by atoms with Gasteiger partial charge in [-0.2, -0.15) is 0 Å². The summed E-state index contributed by atoms with van der Waals surface area (Å²) in [6.07, 6.45) is 2.11. The standard InChI is InChI=1S/C60H66N4O8/c1-37-27-51-53(61-37)13-9-17-57(51)69-35-47(33-63-25-23-45(29-39(63)3)43-21-19-41-11-7-15-55(67-5)49(41)31-43)71-59(65)60(66)72-48(36-70-58-18-10-14-54-52(58)28-38(2)62-54)34-64-26-24-46(30-40(64)4)44-22-20-42-12-8-16-56(68-6)50(42)32-44/h7-22,27-28,31-32,39-40,45-48,61-62H,23-26,29-30,33-36H2,1-6H3/t39-,40-,45-,46-,47-,48-/m0/s1. The normalized spacial score (nSPS) is 19.6. The number of aryl methyl sites for hydroxylation is 2. The molecular weight excluding hydrogens is 905 g/mol. The van der Waals surface area contributed by atoms with Crippen LogP contribution in [0, 0.1) is 13.8 Å². The fourth-order valence-corrected chi connectivity index (χ4v) is 11.3. The van der Waals surface area contributed by atoms with Gasteiger partial charge in [-0.05, 0) is 161 Å². The van der Waals surface area contributed by atoms with Crippen molar-refractivity contribution in [2.75, 3.05) is 53.6 Å². The summed E-state index contributed by atoms with van der Waals surface area (Å²) in [6.45, 7) is 10.8. The van der Waals surface area contributed by atoms with Gasteiger partial charge in [0, 0.05) is 69.1 Å². The van der Waals surface area contributed by atoms with Crippen LogP contribution in [0.15, 0.2) is 121 Å². The number of methoxy groups -OCH3 is 2. The Hall–Kier alpha value is -7.02. The first-order valence-electron chi connectivity index (χ1n) is 25.5. The lowest BCUT2D eigenvalue weighted by Crippen LogP contribution is -2.48. The zero-order valence-corrected chi connectivity index (χ0v) is 42.2. The summed E-state index contributed by atoms with van der Waals surface area (Å²) in [5, 5.41) is 6.38. The average Bonchev–Trinajstić information content (AvgIpc) is 3.98. The van der Waals surface area contributed by atoms with Crippen LogP contribution in [0.2, 0.25) is 0 Å². The number of likely N-dealkylation sites (tertiary alicyclic amines) is 2. The first kappa shape index (κ1) is 48.6. The highest BCUT2D eigenvalue weighted by atomic mass is 16.6. The molecule has 0 amide bonds. The number of nitrogens with zero attached hydrogens (tertiary/aromatic N) is 2. The lowest BCUT2D eigenvalue weighted by atomic mass is 9.85. The van der Waals surface area contributed by atoms with Crippen molar-refractivity contribution in [3.05, 3.63) is 144 Å². The number of nitrogens with one attached hydrogen (secondary N) is 2. The summed E-state index contributed by atoms with van der Waals surface area (Å²) in [6, 6.07) is 41.7. The van der Waals surface area contributed by atoms with Crippen molar-refractivity contribution in [1.82, 2.24) is 19.8 Å². The summed E-state index contributed by atoms with van der Waals surface area (Å²) in [5.74, 6) is 1.64. The molecule has 2 N–H and O–H groups in total. The number of benzene rings is 6. The van der Waals surface area contributed by atoms with Gasteiger partial charge in [-0.25, -0.2) is 9.59 Å². The first-order valence-corrected chi connectivity index (χ1v) is 25.5. The molecule has 0 bridgehead atoms. The van der Waals surface area contributed by atoms with Crippen LogP contribution in [0.3, 0.4) is 0 Å². The second kappa shape index (κ2) is 21.4. The third-order valence-corrected chi connectivity index (χ3v) is 15.1. The van der Waals surface area contributed by atoms with Gasteiger partial charge in [-0.15, -0.1) is 0 Å². The highest BCUT2D eigenvalue weighted by molar-refractivity contribution is 6.29. The SMILES string of the molecule is COc1cccc2ccc([C@H]3CCN(C[C@@H](COc4cccc5[nH]c(C)cc45)OC(=O)C(=O)O[C@H](COc4cccc5[nH]c(C)cc45)CN4CC[C@H](c5ccc6cccc(OC)c6c5)C[C@@H]4C)[C@@H](C)C3)cc12. The van der Waals surface area contributed by atoms with E-state index in [-0.39, 0.29) is 25.3 Å².